The van der Waals surface area contributed by atoms with Crippen molar-refractivity contribution < 1.29 is 13.2 Å². The lowest BCUT2D eigenvalue weighted by Crippen LogP contribution is -2.03. The molecule has 4 rings (SSSR count). The van der Waals surface area contributed by atoms with E-state index in [1.54, 1.807) is 0 Å². The van der Waals surface area contributed by atoms with E-state index in [0.29, 0.717) is 5.52 Å². The molecule has 0 saturated heterocycles. The minimum absolute atomic E-state index is 0.483. The summed E-state index contributed by atoms with van der Waals surface area (Å²) in [7, 11) is 0. The molecule has 25 heavy (non-hydrogen) atoms. The van der Waals surface area contributed by atoms with Crippen LogP contribution in [0.1, 0.15) is 5.56 Å². The second-order valence-corrected chi connectivity index (χ2v) is 5.93. The monoisotopic (exact) mass is 337 g/mol. The van der Waals surface area contributed by atoms with Crippen LogP contribution < -0.4 is 0 Å². The summed E-state index contributed by atoms with van der Waals surface area (Å²) in [5.41, 5.74) is 3.79. The number of aromatic amines is 1. The third-order valence-electron chi connectivity index (χ3n) is 4.25. The zero-order chi connectivity index (χ0) is 17.4. The molecule has 1 aromatic heterocycles. The molecule has 0 unspecified atom stereocenters. The number of rotatable bonds is 2. The quantitative estimate of drug-likeness (QED) is 0.428. The standard InChI is InChI=1S/C21H14F3N/c22-21(23,24)18-11-10-17-12-19(25-20(17)13-18)16-8-6-15(7-9-16)14-4-2-1-3-5-14/h1-13,25H. The number of fused-ring (bicyclic) bond motifs is 1. The smallest absolute Gasteiger partial charge is 0.355 e. The highest BCUT2D eigenvalue weighted by molar-refractivity contribution is 5.86. The third kappa shape index (κ3) is 3.03. The topological polar surface area (TPSA) is 15.8 Å². The van der Waals surface area contributed by atoms with Crippen LogP contribution in [0.15, 0.2) is 78.9 Å². The van der Waals surface area contributed by atoms with Crippen molar-refractivity contribution in [1.82, 2.24) is 4.98 Å². The van der Waals surface area contributed by atoms with E-state index in [9.17, 15) is 13.2 Å². The Morgan fingerprint density at radius 2 is 1.28 bits per heavy atom. The van der Waals surface area contributed by atoms with E-state index in [4.69, 9.17) is 0 Å². The van der Waals surface area contributed by atoms with Crippen LogP contribution in [0.5, 0.6) is 0 Å². The second kappa shape index (κ2) is 5.81. The molecular formula is C21H14F3N. The van der Waals surface area contributed by atoms with Gasteiger partial charge >= 0.3 is 6.18 Å². The van der Waals surface area contributed by atoms with E-state index in [1.165, 1.54) is 6.07 Å². The number of hydrogen-bond acceptors (Lipinski definition) is 0. The first-order valence-corrected chi connectivity index (χ1v) is 7.86. The minimum Gasteiger partial charge on any atom is -0.355 e. The van der Waals surface area contributed by atoms with Crippen LogP contribution >= 0.6 is 0 Å². The van der Waals surface area contributed by atoms with Crippen molar-refractivity contribution in [3.63, 3.8) is 0 Å². The van der Waals surface area contributed by atoms with Crippen LogP contribution in [0, 0.1) is 0 Å². The Bertz CT molecular complexity index is 1010. The normalized spacial score (nSPS) is 11.8. The Labute approximate surface area is 142 Å². The summed E-state index contributed by atoms with van der Waals surface area (Å²) >= 11 is 0. The average molecular weight is 337 g/mol. The van der Waals surface area contributed by atoms with Crippen molar-refractivity contribution in [3.8, 4) is 22.4 Å². The third-order valence-corrected chi connectivity index (χ3v) is 4.25. The highest BCUT2D eigenvalue weighted by Crippen LogP contribution is 2.33. The molecule has 4 heteroatoms. The van der Waals surface area contributed by atoms with Gasteiger partial charge in [0.25, 0.3) is 0 Å². The number of H-pyrrole nitrogens is 1. The van der Waals surface area contributed by atoms with E-state index in [0.717, 1.165) is 39.9 Å². The molecule has 0 aliphatic carbocycles. The SMILES string of the molecule is FC(F)(F)c1ccc2cc(-c3ccc(-c4ccccc4)cc3)[nH]c2c1. The van der Waals surface area contributed by atoms with Crippen LogP contribution in [-0.2, 0) is 6.18 Å². The predicted octanol–water partition coefficient (Wildman–Crippen LogP) is 6.52. The molecule has 0 saturated carbocycles. The molecule has 124 valence electrons. The summed E-state index contributed by atoms with van der Waals surface area (Å²) in [4.78, 5) is 3.08. The van der Waals surface area contributed by atoms with Gasteiger partial charge in [-0.2, -0.15) is 13.2 Å². The van der Waals surface area contributed by atoms with E-state index in [2.05, 4.69) is 4.98 Å². The Morgan fingerprint density at radius 1 is 0.640 bits per heavy atom. The van der Waals surface area contributed by atoms with Gasteiger partial charge in [-0.1, -0.05) is 60.7 Å². The van der Waals surface area contributed by atoms with E-state index >= 15 is 0 Å². The fourth-order valence-corrected chi connectivity index (χ4v) is 2.93. The first-order chi connectivity index (χ1) is 12.0. The summed E-state index contributed by atoms with van der Waals surface area (Å²) < 4.78 is 38.5. The van der Waals surface area contributed by atoms with Gasteiger partial charge in [0, 0.05) is 16.6 Å². The van der Waals surface area contributed by atoms with Crippen molar-refractivity contribution in [3.05, 3.63) is 84.4 Å². The molecule has 4 aromatic rings. The maximum absolute atomic E-state index is 12.8. The number of alkyl halides is 3. The molecule has 0 amide bonds. The molecule has 0 spiro atoms. The molecule has 1 nitrogen and oxygen atoms in total. The Morgan fingerprint density at radius 3 is 1.96 bits per heavy atom. The fraction of sp³-hybridized carbons (Fsp3) is 0.0476. The maximum Gasteiger partial charge on any atom is 0.416 e. The van der Waals surface area contributed by atoms with Gasteiger partial charge in [-0.25, -0.2) is 0 Å². The van der Waals surface area contributed by atoms with E-state index in [-0.39, 0.29) is 0 Å². The molecule has 0 aliphatic heterocycles. The van der Waals surface area contributed by atoms with Gasteiger partial charge in [-0.05, 0) is 34.9 Å². The molecule has 1 N–H and O–H groups in total. The van der Waals surface area contributed by atoms with Crippen LogP contribution in [0.3, 0.4) is 0 Å². The van der Waals surface area contributed by atoms with Gasteiger partial charge in [-0.3, -0.25) is 0 Å². The summed E-state index contributed by atoms with van der Waals surface area (Å²) in [6.07, 6.45) is -4.34. The van der Waals surface area contributed by atoms with Crippen LogP contribution in [-0.4, -0.2) is 4.98 Å². The Kier molecular flexibility index (Phi) is 3.61. The van der Waals surface area contributed by atoms with Gasteiger partial charge in [0.1, 0.15) is 0 Å². The first kappa shape index (κ1) is 15.5. The van der Waals surface area contributed by atoms with Gasteiger partial charge in [0.15, 0.2) is 0 Å². The van der Waals surface area contributed by atoms with Crippen LogP contribution in [0.2, 0.25) is 0 Å². The zero-order valence-corrected chi connectivity index (χ0v) is 13.1. The molecule has 0 atom stereocenters. The molecule has 0 fully saturated rings. The number of hydrogen-bond donors (Lipinski definition) is 1. The van der Waals surface area contributed by atoms with Gasteiger partial charge in [0.05, 0.1) is 5.56 Å². The highest BCUT2D eigenvalue weighted by atomic mass is 19.4. The van der Waals surface area contributed by atoms with Crippen molar-refractivity contribution in [2.75, 3.05) is 0 Å². The molecule has 3 aromatic carbocycles. The van der Waals surface area contributed by atoms with Crippen molar-refractivity contribution in [1.29, 1.82) is 0 Å². The Balaban J connectivity index is 1.70. The summed E-state index contributed by atoms with van der Waals surface area (Å²) in [6, 6.07) is 23.6. The predicted molar refractivity (Wildman–Crippen MR) is 94.2 cm³/mol. The maximum atomic E-state index is 12.8. The number of benzene rings is 3. The van der Waals surface area contributed by atoms with Crippen LogP contribution in [0.25, 0.3) is 33.3 Å². The number of halogens is 3. The summed E-state index contributed by atoms with van der Waals surface area (Å²) in [5, 5.41) is 0.759. The van der Waals surface area contributed by atoms with Crippen molar-refractivity contribution in [2.45, 2.75) is 6.18 Å². The largest absolute Gasteiger partial charge is 0.416 e. The molecular weight excluding hydrogens is 323 g/mol. The molecule has 0 radical (unpaired) electrons. The fourth-order valence-electron chi connectivity index (χ4n) is 2.93. The number of nitrogens with one attached hydrogen (secondary N) is 1. The summed E-state index contributed by atoms with van der Waals surface area (Å²) in [5.74, 6) is 0. The summed E-state index contributed by atoms with van der Waals surface area (Å²) in [6.45, 7) is 0. The average Bonchev–Trinajstić information content (AvgIpc) is 3.05. The van der Waals surface area contributed by atoms with Gasteiger partial charge < -0.3 is 4.98 Å². The second-order valence-electron chi connectivity index (χ2n) is 5.93. The molecule has 1 heterocycles. The van der Waals surface area contributed by atoms with Crippen LogP contribution in [0.4, 0.5) is 13.2 Å². The Hall–Kier alpha value is -3.01. The van der Waals surface area contributed by atoms with Gasteiger partial charge in [0.2, 0.25) is 0 Å². The first-order valence-electron chi connectivity index (χ1n) is 7.86. The van der Waals surface area contributed by atoms with Crippen molar-refractivity contribution >= 4 is 10.9 Å². The molecule has 0 bridgehead atoms. The van der Waals surface area contributed by atoms with E-state index in [1.807, 2.05) is 60.7 Å². The molecule has 0 aliphatic rings. The lowest BCUT2D eigenvalue weighted by atomic mass is 10.0. The lowest BCUT2D eigenvalue weighted by molar-refractivity contribution is -0.137. The lowest BCUT2D eigenvalue weighted by Gasteiger charge is -2.05. The minimum atomic E-state index is -4.34. The number of aromatic nitrogens is 1. The highest BCUT2D eigenvalue weighted by Gasteiger charge is 2.30. The van der Waals surface area contributed by atoms with Crippen molar-refractivity contribution in [2.24, 2.45) is 0 Å². The zero-order valence-electron chi connectivity index (χ0n) is 13.1. The van der Waals surface area contributed by atoms with Gasteiger partial charge in [-0.15, -0.1) is 0 Å². The van der Waals surface area contributed by atoms with E-state index < -0.39 is 11.7 Å².